The molecule has 0 bridgehead atoms. The maximum absolute atomic E-state index is 11.2. The van der Waals surface area contributed by atoms with E-state index in [4.69, 9.17) is 4.42 Å². The average Bonchev–Trinajstić information content (AvgIpc) is 3.23. The van der Waals surface area contributed by atoms with Crippen LogP contribution in [0, 0.1) is 0 Å². The zero-order valence-corrected chi connectivity index (χ0v) is 15.2. The van der Waals surface area contributed by atoms with E-state index in [-0.39, 0.29) is 11.0 Å². The number of aromatic nitrogens is 3. The van der Waals surface area contributed by atoms with Crippen molar-refractivity contribution in [3.8, 4) is 11.5 Å². The van der Waals surface area contributed by atoms with Gasteiger partial charge in [-0.2, -0.15) is 0 Å². The minimum atomic E-state index is -1.08. The summed E-state index contributed by atoms with van der Waals surface area (Å²) in [7, 11) is 1.92. The van der Waals surface area contributed by atoms with E-state index in [0.29, 0.717) is 27.7 Å². The van der Waals surface area contributed by atoms with E-state index in [1.807, 2.05) is 56.1 Å². The first-order valence-corrected chi connectivity index (χ1v) is 8.89. The summed E-state index contributed by atoms with van der Waals surface area (Å²) in [6.07, 6.45) is 0. The summed E-state index contributed by atoms with van der Waals surface area (Å²) < 4.78 is 5.96. The predicted molar refractivity (Wildman–Crippen MR) is 101 cm³/mol. The lowest BCUT2D eigenvalue weighted by molar-refractivity contribution is 0.0696. The van der Waals surface area contributed by atoms with Crippen molar-refractivity contribution in [3.63, 3.8) is 0 Å². The second-order valence-corrected chi connectivity index (χ2v) is 7.18. The van der Waals surface area contributed by atoms with E-state index in [1.165, 1.54) is 0 Å². The third-order valence-corrected chi connectivity index (χ3v) is 5.11. The Morgan fingerprint density at radius 2 is 2.00 bits per heavy atom. The third kappa shape index (κ3) is 2.68. The van der Waals surface area contributed by atoms with E-state index in [0.717, 1.165) is 22.3 Å². The van der Waals surface area contributed by atoms with Gasteiger partial charge in [0.25, 0.3) is 0 Å². The van der Waals surface area contributed by atoms with E-state index in [2.05, 4.69) is 15.0 Å². The first kappa shape index (κ1) is 16.5. The third-order valence-electron chi connectivity index (χ3n) is 4.18. The Morgan fingerprint density at radius 1 is 1.23 bits per heavy atom. The molecule has 0 saturated heterocycles. The van der Waals surface area contributed by atoms with Crippen LogP contribution in [0.5, 0.6) is 0 Å². The first-order valence-electron chi connectivity index (χ1n) is 8.07. The number of benzene rings is 1. The molecule has 0 fully saturated rings. The van der Waals surface area contributed by atoms with Gasteiger partial charge in [-0.1, -0.05) is 29.5 Å². The molecule has 4 aromatic rings. The SMILES string of the molecule is CC(C)N(C)c1nc2sc(C(=O)O)nc2nc1-c1cc2ccccc2o1. The van der Waals surface area contributed by atoms with Crippen molar-refractivity contribution in [1.29, 1.82) is 0 Å². The number of rotatable bonds is 4. The molecule has 4 rings (SSSR count). The lowest BCUT2D eigenvalue weighted by Crippen LogP contribution is -2.27. The van der Waals surface area contributed by atoms with Crippen LogP contribution in [0.2, 0.25) is 0 Å². The van der Waals surface area contributed by atoms with Crippen LogP contribution in [-0.4, -0.2) is 39.1 Å². The highest BCUT2D eigenvalue weighted by Crippen LogP contribution is 2.34. The van der Waals surface area contributed by atoms with Gasteiger partial charge in [-0.15, -0.1) is 0 Å². The molecule has 0 unspecified atom stereocenters. The minimum Gasteiger partial charge on any atom is -0.476 e. The Balaban J connectivity index is 1.97. The number of hydrogen-bond acceptors (Lipinski definition) is 7. The Morgan fingerprint density at radius 3 is 2.69 bits per heavy atom. The smallest absolute Gasteiger partial charge is 0.365 e. The quantitative estimate of drug-likeness (QED) is 0.581. The molecule has 1 N–H and O–H groups in total. The van der Waals surface area contributed by atoms with Gasteiger partial charge in [0.1, 0.15) is 5.58 Å². The molecule has 0 radical (unpaired) electrons. The van der Waals surface area contributed by atoms with Crippen molar-refractivity contribution in [2.45, 2.75) is 19.9 Å². The van der Waals surface area contributed by atoms with E-state index < -0.39 is 5.97 Å². The molecular weight excluding hydrogens is 352 g/mol. The van der Waals surface area contributed by atoms with Gasteiger partial charge in [-0.05, 0) is 26.0 Å². The monoisotopic (exact) mass is 368 g/mol. The number of hydrogen-bond donors (Lipinski definition) is 1. The molecule has 0 aliphatic rings. The first-order chi connectivity index (χ1) is 12.4. The standard InChI is InChI=1S/C18H16N4O3S/c1-9(2)22(3)15-13(12-8-10-6-4-5-7-11(10)25-12)19-14-16(21-15)26-17(20-14)18(23)24/h4-9H,1-3H3,(H,23,24). The number of nitrogens with zero attached hydrogens (tertiary/aromatic N) is 4. The van der Waals surface area contributed by atoms with Gasteiger partial charge in [-0.3, -0.25) is 0 Å². The van der Waals surface area contributed by atoms with Gasteiger partial charge in [0.2, 0.25) is 5.01 Å². The number of furan rings is 1. The van der Waals surface area contributed by atoms with E-state index in [9.17, 15) is 9.90 Å². The van der Waals surface area contributed by atoms with Crippen LogP contribution in [-0.2, 0) is 0 Å². The molecule has 1 aromatic carbocycles. The number of para-hydroxylation sites is 1. The fourth-order valence-electron chi connectivity index (χ4n) is 2.60. The van der Waals surface area contributed by atoms with Gasteiger partial charge >= 0.3 is 5.97 Å². The molecule has 132 valence electrons. The van der Waals surface area contributed by atoms with Gasteiger partial charge < -0.3 is 14.4 Å². The fourth-order valence-corrected chi connectivity index (χ4v) is 3.32. The van der Waals surface area contributed by atoms with Crippen molar-refractivity contribution in [3.05, 3.63) is 35.3 Å². The van der Waals surface area contributed by atoms with Gasteiger partial charge in [0.15, 0.2) is 27.7 Å². The summed E-state index contributed by atoms with van der Waals surface area (Å²) in [6, 6.07) is 9.79. The summed E-state index contributed by atoms with van der Waals surface area (Å²) in [6.45, 7) is 4.09. The predicted octanol–water partition coefficient (Wildman–Crippen LogP) is 4.04. The zero-order chi connectivity index (χ0) is 18.4. The average molecular weight is 368 g/mol. The fraction of sp³-hybridized carbons (Fsp3) is 0.222. The number of carboxylic acid groups (broad SMARTS) is 1. The summed E-state index contributed by atoms with van der Waals surface area (Å²) in [5.41, 5.74) is 1.61. The highest BCUT2D eigenvalue weighted by molar-refractivity contribution is 7.19. The molecule has 0 aliphatic carbocycles. The normalized spacial score (nSPS) is 11.5. The summed E-state index contributed by atoms with van der Waals surface area (Å²) in [5.74, 6) is 0.124. The summed E-state index contributed by atoms with van der Waals surface area (Å²) in [5, 5.41) is 10.1. The lowest BCUT2D eigenvalue weighted by Gasteiger charge is -2.23. The molecule has 0 aliphatic heterocycles. The summed E-state index contributed by atoms with van der Waals surface area (Å²) >= 11 is 1.02. The molecule has 3 heterocycles. The van der Waals surface area contributed by atoms with Crippen LogP contribution in [0.1, 0.15) is 23.6 Å². The second kappa shape index (κ2) is 6.06. The highest BCUT2D eigenvalue weighted by atomic mass is 32.1. The molecule has 0 atom stereocenters. The molecule has 0 saturated carbocycles. The number of carboxylic acids is 1. The van der Waals surface area contributed by atoms with Crippen molar-refractivity contribution < 1.29 is 14.3 Å². The van der Waals surface area contributed by atoms with Crippen molar-refractivity contribution in [2.75, 3.05) is 11.9 Å². The zero-order valence-electron chi connectivity index (χ0n) is 14.4. The van der Waals surface area contributed by atoms with E-state index in [1.54, 1.807) is 0 Å². The van der Waals surface area contributed by atoms with Crippen molar-refractivity contribution >= 4 is 44.6 Å². The topological polar surface area (TPSA) is 92.4 Å². The minimum absolute atomic E-state index is 0.0279. The van der Waals surface area contributed by atoms with Crippen LogP contribution >= 0.6 is 11.3 Å². The number of anilines is 1. The van der Waals surface area contributed by atoms with Crippen LogP contribution in [0.4, 0.5) is 5.82 Å². The Hall–Kier alpha value is -3.00. The molecule has 7 nitrogen and oxygen atoms in total. The van der Waals surface area contributed by atoms with Crippen molar-refractivity contribution in [2.24, 2.45) is 0 Å². The van der Waals surface area contributed by atoms with Gasteiger partial charge in [-0.25, -0.2) is 19.7 Å². The van der Waals surface area contributed by atoms with Crippen LogP contribution < -0.4 is 4.90 Å². The second-order valence-electron chi connectivity index (χ2n) is 6.20. The van der Waals surface area contributed by atoms with Gasteiger partial charge in [0, 0.05) is 18.5 Å². The molecule has 8 heteroatoms. The molecule has 26 heavy (non-hydrogen) atoms. The molecule has 0 amide bonds. The summed E-state index contributed by atoms with van der Waals surface area (Å²) in [4.78, 5) is 27.0. The highest BCUT2D eigenvalue weighted by Gasteiger charge is 2.22. The number of carbonyl (C=O) groups is 1. The number of aromatic carboxylic acids is 1. The Labute approximate surface area is 152 Å². The van der Waals surface area contributed by atoms with Crippen LogP contribution in [0.15, 0.2) is 34.7 Å². The molecule has 0 spiro atoms. The van der Waals surface area contributed by atoms with E-state index >= 15 is 0 Å². The van der Waals surface area contributed by atoms with Crippen LogP contribution in [0.25, 0.3) is 32.9 Å². The molecular formula is C18H16N4O3S. The lowest BCUT2D eigenvalue weighted by atomic mass is 10.2. The Kier molecular flexibility index (Phi) is 3.84. The largest absolute Gasteiger partial charge is 0.476 e. The van der Waals surface area contributed by atoms with Crippen LogP contribution in [0.3, 0.4) is 0 Å². The number of thiazole rings is 1. The maximum atomic E-state index is 11.2. The Bertz CT molecular complexity index is 1100. The van der Waals surface area contributed by atoms with Crippen molar-refractivity contribution in [1.82, 2.24) is 15.0 Å². The maximum Gasteiger partial charge on any atom is 0.365 e. The number of fused-ring (bicyclic) bond motifs is 2. The van der Waals surface area contributed by atoms with Gasteiger partial charge in [0.05, 0.1) is 0 Å². The molecule has 3 aromatic heterocycles.